The minimum atomic E-state index is -0.510. The van der Waals surface area contributed by atoms with E-state index >= 15 is 0 Å². The van der Waals surface area contributed by atoms with Crippen molar-refractivity contribution in [2.45, 2.75) is 6.54 Å². The number of carbonyl (C=O) groups excluding carboxylic acids is 3. The van der Waals surface area contributed by atoms with E-state index in [4.69, 9.17) is 0 Å². The second kappa shape index (κ2) is 6.84. The minimum Gasteiger partial charge on any atom is -0.267 e. The van der Waals surface area contributed by atoms with E-state index in [0.29, 0.717) is 16.7 Å². The number of carbonyl (C=O) groups is 3. The Labute approximate surface area is 155 Å². The number of fused-ring (bicyclic) bond motifs is 1. The van der Waals surface area contributed by atoms with Crippen LogP contribution in [0.1, 0.15) is 36.6 Å². The molecule has 0 bridgehead atoms. The third-order valence-electron chi connectivity index (χ3n) is 4.33. The van der Waals surface area contributed by atoms with Gasteiger partial charge in [-0.3, -0.25) is 19.4 Å². The summed E-state index contributed by atoms with van der Waals surface area (Å²) in [6.07, 6.45) is 2.97. The molecule has 6 nitrogen and oxygen atoms in total. The molecular formula is C21H15N3O3. The predicted octanol–water partition coefficient (Wildman–Crippen LogP) is 2.94. The maximum absolute atomic E-state index is 13.1. The molecule has 1 aliphatic rings. The number of amides is 3. The summed E-state index contributed by atoms with van der Waals surface area (Å²) in [6.45, 7) is 0.0834. The Morgan fingerprint density at radius 3 is 2.07 bits per heavy atom. The van der Waals surface area contributed by atoms with Crippen molar-refractivity contribution >= 4 is 17.7 Å². The van der Waals surface area contributed by atoms with Gasteiger partial charge in [-0.2, -0.15) is 5.01 Å². The van der Waals surface area contributed by atoms with Crippen LogP contribution >= 0.6 is 0 Å². The molecule has 2 aromatic carbocycles. The summed E-state index contributed by atoms with van der Waals surface area (Å²) >= 11 is 0. The van der Waals surface area contributed by atoms with Gasteiger partial charge in [0.2, 0.25) is 0 Å². The molecule has 0 aliphatic carbocycles. The molecule has 1 aliphatic heterocycles. The average molecular weight is 357 g/mol. The second-order valence-electron chi connectivity index (χ2n) is 6.06. The molecule has 3 aromatic rings. The van der Waals surface area contributed by atoms with E-state index in [-0.39, 0.29) is 6.54 Å². The second-order valence-corrected chi connectivity index (χ2v) is 6.06. The fraction of sp³-hybridized carbons (Fsp3) is 0.0476. The first-order valence-corrected chi connectivity index (χ1v) is 8.40. The smallest absolute Gasteiger partial charge is 0.267 e. The van der Waals surface area contributed by atoms with Crippen LogP contribution in [0.25, 0.3) is 0 Å². The van der Waals surface area contributed by atoms with Crippen molar-refractivity contribution in [1.29, 1.82) is 0 Å². The third-order valence-corrected chi connectivity index (χ3v) is 4.33. The SMILES string of the molecule is O=C(c1cccnc1)N(Cc1ccccc1)N1C(=O)c2ccccc2C1=O. The Kier molecular flexibility index (Phi) is 4.22. The van der Waals surface area contributed by atoms with Gasteiger partial charge < -0.3 is 0 Å². The summed E-state index contributed by atoms with van der Waals surface area (Å²) in [4.78, 5) is 42.8. The number of pyridine rings is 1. The molecule has 27 heavy (non-hydrogen) atoms. The van der Waals surface area contributed by atoms with Gasteiger partial charge in [0, 0.05) is 12.4 Å². The molecule has 0 saturated carbocycles. The van der Waals surface area contributed by atoms with Crippen molar-refractivity contribution in [1.82, 2.24) is 15.0 Å². The first-order chi connectivity index (χ1) is 13.2. The summed E-state index contributed by atoms with van der Waals surface area (Å²) in [6, 6.07) is 19.0. The van der Waals surface area contributed by atoms with Crippen LogP contribution in [0.5, 0.6) is 0 Å². The zero-order valence-corrected chi connectivity index (χ0v) is 14.3. The number of hydrazine groups is 1. The Balaban J connectivity index is 1.76. The molecule has 3 amide bonds. The lowest BCUT2D eigenvalue weighted by molar-refractivity contribution is 0.000846. The summed E-state index contributed by atoms with van der Waals surface area (Å²) in [7, 11) is 0. The zero-order valence-electron chi connectivity index (χ0n) is 14.3. The van der Waals surface area contributed by atoms with Gasteiger partial charge in [0.1, 0.15) is 0 Å². The minimum absolute atomic E-state index is 0.0834. The highest BCUT2D eigenvalue weighted by Gasteiger charge is 2.41. The van der Waals surface area contributed by atoms with Crippen LogP contribution in [0, 0.1) is 0 Å². The molecule has 132 valence electrons. The maximum atomic E-state index is 13.1. The van der Waals surface area contributed by atoms with Crippen molar-refractivity contribution in [2.75, 3.05) is 0 Å². The van der Waals surface area contributed by atoms with Crippen molar-refractivity contribution in [3.8, 4) is 0 Å². The van der Waals surface area contributed by atoms with Gasteiger partial charge in [-0.05, 0) is 29.8 Å². The third kappa shape index (κ3) is 2.97. The summed E-state index contributed by atoms with van der Waals surface area (Å²) in [5.74, 6) is -1.49. The predicted molar refractivity (Wildman–Crippen MR) is 97.5 cm³/mol. The van der Waals surface area contributed by atoms with Gasteiger partial charge in [0.25, 0.3) is 17.7 Å². The lowest BCUT2D eigenvalue weighted by atomic mass is 10.1. The van der Waals surface area contributed by atoms with E-state index in [1.54, 1.807) is 42.6 Å². The first kappa shape index (κ1) is 16.7. The van der Waals surface area contributed by atoms with Crippen LogP contribution in [0.2, 0.25) is 0 Å². The molecule has 0 spiro atoms. The normalized spacial score (nSPS) is 12.8. The number of hydrogen-bond donors (Lipinski definition) is 0. The Bertz CT molecular complexity index is 984. The fourth-order valence-electron chi connectivity index (χ4n) is 3.02. The molecule has 0 saturated heterocycles. The van der Waals surface area contributed by atoms with Crippen LogP contribution < -0.4 is 0 Å². The largest absolute Gasteiger partial charge is 0.280 e. The van der Waals surface area contributed by atoms with Crippen molar-refractivity contribution in [2.24, 2.45) is 0 Å². The summed E-state index contributed by atoms with van der Waals surface area (Å²) in [5.41, 5.74) is 1.68. The van der Waals surface area contributed by atoms with Crippen LogP contribution in [-0.4, -0.2) is 32.7 Å². The highest BCUT2D eigenvalue weighted by atomic mass is 16.2. The number of rotatable bonds is 4. The van der Waals surface area contributed by atoms with E-state index in [9.17, 15) is 14.4 Å². The Hall–Kier alpha value is -3.80. The molecule has 0 atom stereocenters. The molecule has 6 heteroatoms. The lowest BCUT2D eigenvalue weighted by Crippen LogP contribution is -2.49. The van der Waals surface area contributed by atoms with Crippen LogP contribution in [0.15, 0.2) is 79.1 Å². The Morgan fingerprint density at radius 2 is 1.48 bits per heavy atom. The van der Waals surface area contributed by atoms with Gasteiger partial charge in [-0.1, -0.05) is 42.5 Å². The van der Waals surface area contributed by atoms with Crippen molar-refractivity contribution < 1.29 is 14.4 Å². The van der Waals surface area contributed by atoms with E-state index in [0.717, 1.165) is 10.6 Å². The molecule has 0 radical (unpaired) electrons. The Morgan fingerprint density at radius 1 is 0.852 bits per heavy atom. The van der Waals surface area contributed by atoms with E-state index in [2.05, 4.69) is 4.98 Å². The zero-order chi connectivity index (χ0) is 18.8. The van der Waals surface area contributed by atoms with Gasteiger partial charge in [-0.15, -0.1) is 0 Å². The maximum Gasteiger partial charge on any atom is 0.280 e. The lowest BCUT2D eigenvalue weighted by Gasteiger charge is -2.30. The number of aromatic nitrogens is 1. The molecule has 0 N–H and O–H groups in total. The molecule has 0 fully saturated rings. The highest BCUT2D eigenvalue weighted by Crippen LogP contribution is 2.26. The van der Waals surface area contributed by atoms with E-state index in [1.165, 1.54) is 11.2 Å². The quantitative estimate of drug-likeness (QED) is 0.673. The average Bonchev–Trinajstić information content (AvgIpc) is 2.98. The molecular weight excluding hydrogens is 342 g/mol. The van der Waals surface area contributed by atoms with Crippen LogP contribution in [0.4, 0.5) is 0 Å². The van der Waals surface area contributed by atoms with Crippen molar-refractivity contribution in [3.63, 3.8) is 0 Å². The molecule has 1 aromatic heterocycles. The van der Waals surface area contributed by atoms with Gasteiger partial charge in [0.05, 0.1) is 23.2 Å². The number of benzene rings is 2. The number of hydrogen-bond acceptors (Lipinski definition) is 4. The van der Waals surface area contributed by atoms with Crippen molar-refractivity contribution in [3.05, 3.63) is 101 Å². The van der Waals surface area contributed by atoms with Crippen LogP contribution in [0.3, 0.4) is 0 Å². The van der Waals surface area contributed by atoms with E-state index < -0.39 is 17.7 Å². The molecule has 4 rings (SSSR count). The van der Waals surface area contributed by atoms with Gasteiger partial charge in [-0.25, -0.2) is 5.01 Å². The van der Waals surface area contributed by atoms with E-state index in [1.807, 2.05) is 30.3 Å². The first-order valence-electron chi connectivity index (χ1n) is 8.40. The van der Waals surface area contributed by atoms with Gasteiger partial charge >= 0.3 is 0 Å². The standard InChI is InChI=1S/C21H15N3O3/c25-19(16-9-6-12-22-13-16)23(14-15-7-2-1-3-8-15)24-20(26)17-10-4-5-11-18(17)21(24)27/h1-13H,14H2. The van der Waals surface area contributed by atoms with Gasteiger partial charge in [0.15, 0.2) is 0 Å². The number of imide groups is 1. The number of nitrogens with zero attached hydrogens (tertiary/aromatic N) is 3. The topological polar surface area (TPSA) is 70.6 Å². The summed E-state index contributed by atoms with van der Waals surface area (Å²) < 4.78 is 0. The van der Waals surface area contributed by atoms with Crippen LogP contribution in [-0.2, 0) is 6.54 Å². The summed E-state index contributed by atoms with van der Waals surface area (Å²) in [5, 5.41) is 2.10. The molecule has 2 heterocycles. The highest BCUT2D eigenvalue weighted by molar-refractivity contribution is 6.22. The monoisotopic (exact) mass is 357 g/mol. The fourth-order valence-corrected chi connectivity index (χ4v) is 3.02. The molecule has 0 unspecified atom stereocenters.